The molecule has 3 amide bonds. The lowest BCUT2D eigenvalue weighted by molar-refractivity contribution is -0.117. The highest BCUT2D eigenvalue weighted by Gasteiger charge is 2.64. The van der Waals surface area contributed by atoms with Gasteiger partial charge in [-0.3, -0.25) is 14.4 Å². The fourth-order valence-corrected chi connectivity index (χ4v) is 4.52. The zero-order valence-electron chi connectivity index (χ0n) is 18.8. The van der Waals surface area contributed by atoms with Gasteiger partial charge >= 0.3 is 0 Å². The molecule has 0 aliphatic heterocycles. The molecule has 3 aromatic carbocycles. The van der Waals surface area contributed by atoms with Crippen LogP contribution in [0.25, 0.3) is 0 Å². The molecular formula is C25H17Cl3F3N3O3. The summed E-state index contributed by atoms with van der Waals surface area (Å²) in [6.07, 6.45) is 0. The first kappa shape index (κ1) is 26.8. The van der Waals surface area contributed by atoms with Crippen molar-refractivity contribution < 1.29 is 27.6 Å². The van der Waals surface area contributed by atoms with Crippen molar-refractivity contribution in [2.75, 3.05) is 16.0 Å². The highest BCUT2D eigenvalue weighted by atomic mass is 35.5. The Morgan fingerprint density at radius 3 is 2.14 bits per heavy atom. The molecule has 1 fully saturated rings. The summed E-state index contributed by atoms with van der Waals surface area (Å²) in [7, 11) is 0. The van der Waals surface area contributed by atoms with Gasteiger partial charge in [-0.05, 0) is 54.6 Å². The van der Waals surface area contributed by atoms with Crippen LogP contribution in [-0.2, 0) is 4.79 Å². The van der Waals surface area contributed by atoms with Gasteiger partial charge in [-0.2, -0.15) is 0 Å². The van der Waals surface area contributed by atoms with E-state index >= 15 is 4.39 Å². The summed E-state index contributed by atoms with van der Waals surface area (Å²) in [6, 6.07) is 10.2. The molecule has 192 valence electrons. The van der Waals surface area contributed by atoms with E-state index in [9.17, 15) is 23.2 Å². The van der Waals surface area contributed by atoms with Crippen LogP contribution in [0.5, 0.6) is 0 Å². The van der Waals surface area contributed by atoms with Crippen LogP contribution in [0.3, 0.4) is 0 Å². The van der Waals surface area contributed by atoms with Crippen LogP contribution in [0.15, 0.2) is 54.6 Å². The highest BCUT2D eigenvalue weighted by Crippen LogP contribution is 2.59. The molecule has 0 saturated heterocycles. The van der Waals surface area contributed by atoms with E-state index in [1.165, 1.54) is 18.2 Å². The van der Waals surface area contributed by atoms with Crippen molar-refractivity contribution in [3.63, 3.8) is 0 Å². The maximum atomic E-state index is 15.1. The predicted octanol–water partition coefficient (Wildman–Crippen LogP) is 6.64. The Morgan fingerprint density at radius 2 is 1.51 bits per heavy atom. The minimum absolute atomic E-state index is 0.00771. The number of halogens is 6. The molecule has 3 N–H and O–H groups in total. The number of benzene rings is 3. The van der Waals surface area contributed by atoms with Crippen molar-refractivity contribution in [1.82, 2.24) is 0 Å². The quantitative estimate of drug-likeness (QED) is 0.290. The van der Waals surface area contributed by atoms with Crippen LogP contribution in [0.1, 0.15) is 27.6 Å². The third kappa shape index (κ3) is 5.53. The normalized spacial score (nSPS) is 17.6. The van der Waals surface area contributed by atoms with Crippen LogP contribution in [0.4, 0.5) is 30.2 Å². The summed E-state index contributed by atoms with van der Waals surface area (Å²) in [4.78, 5) is 37.6. The van der Waals surface area contributed by atoms with E-state index in [2.05, 4.69) is 16.0 Å². The molecule has 1 aliphatic carbocycles. The molecule has 37 heavy (non-hydrogen) atoms. The highest BCUT2D eigenvalue weighted by molar-refractivity contribution is 6.53. The summed E-state index contributed by atoms with van der Waals surface area (Å²) >= 11 is 18.2. The molecule has 0 radical (unpaired) electrons. The number of rotatable bonds is 6. The van der Waals surface area contributed by atoms with Gasteiger partial charge in [0.2, 0.25) is 5.91 Å². The smallest absolute Gasteiger partial charge is 0.257 e. The van der Waals surface area contributed by atoms with E-state index < -0.39 is 56.8 Å². The van der Waals surface area contributed by atoms with Crippen molar-refractivity contribution in [1.29, 1.82) is 0 Å². The molecule has 6 nitrogen and oxygen atoms in total. The van der Waals surface area contributed by atoms with Crippen molar-refractivity contribution in [3.05, 3.63) is 88.2 Å². The summed E-state index contributed by atoms with van der Waals surface area (Å²) in [5.74, 6) is -6.05. The van der Waals surface area contributed by atoms with Crippen molar-refractivity contribution in [2.45, 2.75) is 11.3 Å². The van der Waals surface area contributed by atoms with E-state index in [0.717, 1.165) is 36.4 Å². The fourth-order valence-electron chi connectivity index (χ4n) is 3.62. The Kier molecular flexibility index (Phi) is 7.41. The molecule has 0 heterocycles. The molecular weight excluding hydrogens is 554 g/mol. The first-order chi connectivity index (χ1) is 17.4. The largest absolute Gasteiger partial charge is 0.326 e. The average molecular weight is 571 g/mol. The number of anilines is 3. The number of carbonyl (C=O) groups excluding carboxylic acids is 3. The lowest BCUT2D eigenvalue weighted by atomic mass is 10.1. The Balaban J connectivity index is 1.52. The number of hydrogen-bond acceptors (Lipinski definition) is 3. The molecule has 3 aromatic rings. The van der Waals surface area contributed by atoms with Gasteiger partial charge in [-0.25, -0.2) is 13.2 Å². The lowest BCUT2D eigenvalue weighted by Gasteiger charge is -2.13. The van der Waals surface area contributed by atoms with Gasteiger partial charge in [0.05, 0.1) is 22.2 Å². The predicted molar refractivity (Wildman–Crippen MR) is 136 cm³/mol. The Labute approximate surface area is 224 Å². The second-order valence-corrected chi connectivity index (χ2v) is 10.2. The number of nitrogens with one attached hydrogen (secondary N) is 3. The zero-order valence-corrected chi connectivity index (χ0v) is 21.1. The number of hydrogen-bond donors (Lipinski definition) is 3. The summed E-state index contributed by atoms with van der Waals surface area (Å²) < 4.78 is 41.3. The minimum Gasteiger partial charge on any atom is -0.326 e. The SMILES string of the molecule is CC1C(C(=O)Nc2ccc(Cl)c(C(=O)Nc3ccc(F)c(NC(=O)c4ccc(F)cc4)c3F)c2)C1(Cl)Cl. The molecule has 0 aromatic heterocycles. The maximum Gasteiger partial charge on any atom is 0.257 e. The Morgan fingerprint density at radius 1 is 0.865 bits per heavy atom. The third-order valence-corrected chi connectivity index (χ3v) is 7.35. The maximum absolute atomic E-state index is 15.1. The Hall–Kier alpha value is -3.27. The standard InChI is InChI=1S/C25H17Cl3F3N3O3/c1-11-19(25(11,27)28)24(37)32-14-6-7-16(26)15(10-14)23(36)33-18-9-8-17(30)21(20(18)31)34-22(35)12-2-4-13(29)5-3-12/h2-11,19H,1H3,(H,32,37)(H,33,36)(H,34,35). The van der Waals surface area contributed by atoms with E-state index in [-0.39, 0.29) is 27.8 Å². The zero-order chi connectivity index (χ0) is 27.1. The third-order valence-electron chi connectivity index (χ3n) is 5.86. The van der Waals surface area contributed by atoms with E-state index in [1.807, 2.05) is 0 Å². The van der Waals surface area contributed by atoms with E-state index in [4.69, 9.17) is 34.8 Å². The van der Waals surface area contributed by atoms with Gasteiger partial charge in [0.25, 0.3) is 11.8 Å². The van der Waals surface area contributed by atoms with Gasteiger partial charge in [-0.1, -0.05) is 18.5 Å². The van der Waals surface area contributed by atoms with Gasteiger partial charge in [-0.15, -0.1) is 23.2 Å². The summed E-state index contributed by atoms with van der Waals surface area (Å²) in [6.45, 7) is 1.72. The molecule has 12 heteroatoms. The second kappa shape index (κ2) is 10.2. The Bertz CT molecular complexity index is 1420. The molecule has 2 atom stereocenters. The molecule has 0 spiro atoms. The minimum atomic E-state index is -1.26. The van der Waals surface area contributed by atoms with Crippen LogP contribution < -0.4 is 16.0 Å². The van der Waals surface area contributed by atoms with Crippen LogP contribution in [0, 0.1) is 29.3 Å². The van der Waals surface area contributed by atoms with Gasteiger partial charge in [0.1, 0.15) is 21.7 Å². The molecule has 0 bridgehead atoms. The van der Waals surface area contributed by atoms with Gasteiger partial charge in [0.15, 0.2) is 5.82 Å². The van der Waals surface area contributed by atoms with E-state index in [0.29, 0.717) is 0 Å². The van der Waals surface area contributed by atoms with E-state index in [1.54, 1.807) is 6.92 Å². The van der Waals surface area contributed by atoms with Crippen LogP contribution >= 0.6 is 34.8 Å². The topological polar surface area (TPSA) is 87.3 Å². The number of amides is 3. The van der Waals surface area contributed by atoms with Crippen molar-refractivity contribution >= 4 is 69.6 Å². The monoisotopic (exact) mass is 569 g/mol. The van der Waals surface area contributed by atoms with Gasteiger partial charge in [0, 0.05) is 17.2 Å². The molecule has 1 aliphatic rings. The first-order valence-electron chi connectivity index (χ1n) is 10.7. The summed E-state index contributed by atoms with van der Waals surface area (Å²) in [5, 5.41) is 6.94. The van der Waals surface area contributed by atoms with Crippen molar-refractivity contribution in [3.8, 4) is 0 Å². The number of carbonyl (C=O) groups is 3. The fraction of sp³-hybridized carbons (Fsp3) is 0.160. The first-order valence-corrected chi connectivity index (χ1v) is 11.9. The molecule has 4 rings (SSSR count). The van der Waals surface area contributed by atoms with Crippen LogP contribution in [0.2, 0.25) is 5.02 Å². The van der Waals surface area contributed by atoms with Gasteiger partial charge < -0.3 is 16.0 Å². The second-order valence-electron chi connectivity index (χ2n) is 8.32. The summed E-state index contributed by atoms with van der Waals surface area (Å²) in [5.41, 5.74) is -1.21. The van der Waals surface area contributed by atoms with Crippen LogP contribution in [-0.4, -0.2) is 22.1 Å². The molecule has 1 saturated carbocycles. The van der Waals surface area contributed by atoms with Crippen molar-refractivity contribution in [2.24, 2.45) is 11.8 Å². The average Bonchev–Trinajstić information content (AvgIpc) is 3.36. The number of alkyl halides is 2. The lowest BCUT2D eigenvalue weighted by Crippen LogP contribution is -2.19. The molecule has 2 unspecified atom stereocenters.